The third-order valence-electron chi connectivity index (χ3n) is 4.61. The monoisotopic (exact) mass is 489 g/mol. The third kappa shape index (κ3) is 4.90. The van der Waals surface area contributed by atoms with Gasteiger partial charge in [0.05, 0.1) is 11.8 Å². The number of hydrogen-bond donors (Lipinski definition) is 1. The average Bonchev–Trinajstić information content (AvgIpc) is 3.14. The molecule has 0 aromatic heterocycles. The van der Waals surface area contributed by atoms with Crippen molar-refractivity contribution in [3.05, 3.63) is 68.2 Å². The summed E-state index contributed by atoms with van der Waals surface area (Å²) in [5.74, 6) is -0.501. The van der Waals surface area contributed by atoms with Crippen molar-refractivity contribution in [3.63, 3.8) is 0 Å². The van der Waals surface area contributed by atoms with Gasteiger partial charge in [0.25, 0.3) is 5.60 Å². The lowest BCUT2D eigenvalue weighted by molar-refractivity contribution is -0.275. The van der Waals surface area contributed by atoms with E-state index in [4.69, 9.17) is 44.9 Å². The summed E-state index contributed by atoms with van der Waals surface area (Å²) in [6.07, 6.45) is -5.75. The number of rotatable bonds is 5. The fourth-order valence-corrected chi connectivity index (χ4v) is 3.77. The Morgan fingerprint density at radius 2 is 1.87 bits per heavy atom. The highest BCUT2D eigenvalue weighted by molar-refractivity contribution is 6.34. The molecule has 1 aliphatic heterocycles. The van der Waals surface area contributed by atoms with Gasteiger partial charge in [0.1, 0.15) is 6.42 Å². The van der Waals surface area contributed by atoms with Crippen LogP contribution in [0.1, 0.15) is 29.5 Å². The summed E-state index contributed by atoms with van der Waals surface area (Å²) in [4.78, 5) is 16.5. The van der Waals surface area contributed by atoms with E-state index in [9.17, 15) is 18.0 Å². The van der Waals surface area contributed by atoms with E-state index in [1.807, 2.05) is 0 Å². The molecule has 1 heterocycles. The number of nitrogens with zero attached hydrogens (tertiary/aromatic N) is 2. The van der Waals surface area contributed by atoms with E-state index >= 15 is 0 Å². The topological polar surface area (TPSA) is 74.5 Å². The Morgan fingerprint density at radius 1 is 1.19 bits per heavy atom. The molecule has 1 N–H and O–H groups in total. The van der Waals surface area contributed by atoms with Crippen LogP contribution in [-0.4, -0.2) is 17.8 Å². The number of carbonyl (C=O) groups is 1. The summed E-state index contributed by atoms with van der Waals surface area (Å²) in [5.41, 5.74) is -2.20. The van der Waals surface area contributed by atoms with Crippen molar-refractivity contribution in [2.45, 2.75) is 31.2 Å². The highest BCUT2D eigenvalue weighted by Crippen LogP contribution is 2.49. The number of nitriles is 1. The molecule has 1 atom stereocenters. The molecule has 1 amide bonds. The molecule has 2 aromatic rings. The minimum absolute atomic E-state index is 0.00433. The number of carbonyl (C=O) groups excluding carboxylic acids is 1. The van der Waals surface area contributed by atoms with Gasteiger partial charge in [-0.3, -0.25) is 4.79 Å². The van der Waals surface area contributed by atoms with Crippen molar-refractivity contribution >= 4 is 46.4 Å². The Bertz CT molecular complexity index is 1080. The van der Waals surface area contributed by atoms with Crippen molar-refractivity contribution in [1.82, 2.24) is 5.32 Å². The Kier molecular flexibility index (Phi) is 6.70. The van der Waals surface area contributed by atoms with Crippen molar-refractivity contribution in [3.8, 4) is 6.07 Å². The minimum atomic E-state index is -4.81. The number of benzene rings is 2. The van der Waals surface area contributed by atoms with Crippen molar-refractivity contribution in [1.29, 1.82) is 5.26 Å². The Morgan fingerprint density at radius 3 is 2.48 bits per heavy atom. The van der Waals surface area contributed by atoms with Gasteiger partial charge in [-0.25, -0.2) is 0 Å². The molecular formula is C20H13Cl3F3N3O2. The van der Waals surface area contributed by atoms with Crippen LogP contribution in [0.15, 0.2) is 41.6 Å². The van der Waals surface area contributed by atoms with Crippen LogP contribution in [0.3, 0.4) is 0 Å². The molecule has 1 aliphatic rings. The Hall–Kier alpha value is -2.47. The molecule has 0 saturated carbocycles. The molecule has 0 spiro atoms. The lowest BCUT2D eigenvalue weighted by Crippen LogP contribution is -2.42. The van der Waals surface area contributed by atoms with Gasteiger partial charge in [0.2, 0.25) is 5.91 Å². The first kappa shape index (κ1) is 23.2. The number of nitrogens with one attached hydrogen (secondary N) is 1. The lowest BCUT2D eigenvalue weighted by atomic mass is 9.86. The molecule has 0 fully saturated rings. The maximum absolute atomic E-state index is 14.1. The van der Waals surface area contributed by atoms with Gasteiger partial charge in [-0.15, -0.1) is 0 Å². The Balaban J connectivity index is 1.91. The van der Waals surface area contributed by atoms with E-state index in [0.717, 1.165) is 12.1 Å². The number of alkyl halides is 3. The molecular weight excluding hydrogens is 478 g/mol. The summed E-state index contributed by atoms with van der Waals surface area (Å²) < 4.78 is 42.3. The quantitative estimate of drug-likeness (QED) is 0.579. The molecule has 5 nitrogen and oxygen atoms in total. The molecule has 11 heteroatoms. The smallest absolute Gasteiger partial charge is 0.374 e. The van der Waals surface area contributed by atoms with Crippen molar-refractivity contribution < 1.29 is 22.8 Å². The molecule has 0 bridgehead atoms. The summed E-state index contributed by atoms with van der Waals surface area (Å²) >= 11 is 17.9. The largest absolute Gasteiger partial charge is 0.435 e. The Labute approximate surface area is 190 Å². The second-order valence-corrected chi connectivity index (χ2v) is 7.99. The first-order valence-electron chi connectivity index (χ1n) is 8.76. The average molecular weight is 491 g/mol. The van der Waals surface area contributed by atoms with E-state index in [1.165, 1.54) is 24.3 Å². The minimum Gasteiger partial charge on any atom is -0.374 e. The van der Waals surface area contributed by atoms with E-state index in [0.29, 0.717) is 16.1 Å². The normalized spacial score (nSPS) is 18.2. The van der Waals surface area contributed by atoms with Gasteiger partial charge in [0.15, 0.2) is 0 Å². The molecule has 162 valence electrons. The molecule has 2 aromatic carbocycles. The lowest BCUT2D eigenvalue weighted by Gasteiger charge is -2.29. The molecule has 3 rings (SSSR count). The molecule has 31 heavy (non-hydrogen) atoms. The van der Waals surface area contributed by atoms with Gasteiger partial charge >= 0.3 is 6.18 Å². The highest BCUT2D eigenvalue weighted by atomic mass is 35.5. The molecule has 1 unspecified atom stereocenters. The summed E-state index contributed by atoms with van der Waals surface area (Å²) in [6.45, 7) is -0.00433. The first-order chi connectivity index (χ1) is 14.6. The fraction of sp³-hybridized carbons (Fsp3) is 0.250. The van der Waals surface area contributed by atoms with E-state index in [2.05, 4.69) is 10.5 Å². The maximum atomic E-state index is 14.1. The van der Waals surface area contributed by atoms with Crippen molar-refractivity contribution in [2.75, 3.05) is 0 Å². The van der Waals surface area contributed by atoms with Crippen LogP contribution in [0.4, 0.5) is 13.2 Å². The van der Waals surface area contributed by atoms with Crippen LogP contribution in [0.25, 0.3) is 0 Å². The second kappa shape index (κ2) is 8.95. The molecule has 0 saturated heterocycles. The maximum Gasteiger partial charge on any atom is 0.435 e. The highest BCUT2D eigenvalue weighted by Gasteiger charge is 2.62. The van der Waals surface area contributed by atoms with Crippen LogP contribution < -0.4 is 5.32 Å². The predicted molar refractivity (Wildman–Crippen MR) is 110 cm³/mol. The van der Waals surface area contributed by atoms with Crippen LogP contribution in [-0.2, 0) is 21.8 Å². The predicted octanol–water partition coefficient (Wildman–Crippen LogP) is 5.76. The zero-order valence-electron chi connectivity index (χ0n) is 15.6. The number of hydrogen-bond acceptors (Lipinski definition) is 4. The third-order valence-corrected chi connectivity index (χ3v) is 5.41. The van der Waals surface area contributed by atoms with Crippen LogP contribution in [0.5, 0.6) is 0 Å². The zero-order valence-corrected chi connectivity index (χ0v) is 17.8. The SMILES string of the molecule is N#CCC(=O)NCc1cc(C2=NOC(c3cc(Cl)cc(Cl)c3)(C(F)(F)F)C2)ccc1Cl. The zero-order chi connectivity index (χ0) is 22.8. The standard InChI is InChI=1S/C20H13Cl3F3N3O2/c21-14-6-13(7-15(22)8-14)19(20(24,25)26)9-17(29-31-19)11-1-2-16(23)12(5-11)10-28-18(30)3-4-27/h1-2,5-8H,3,9-10H2,(H,28,30). The van der Waals surface area contributed by atoms with Gasteiger partial charge < -0.3 is 10.2 Å². The van der Waals surface area contributed by atoms with E-state index in [1.54, 1.807) is 6.07 Å². The van der Waals surface area contributed by atoms with E-state index in [-0.39, 0.29) is 34.3 Å². The van der Waals surface area contributed by atoms with Crippen LogP contribution in [0.2, 0.25) is 15.1 Å². The number of halogens is 6. The summed E-state index contributed by atoms with van der Waals surface area (Å²) in [6, 6.07) is 9.80. The number of amides is 1. The first-order valence-corrected chi connectivity index (χ1v) is 9.90. The van der Waals surface area contributed by atoms with Crippen molar-refractivity contribution in [2.24, 2.45) is 5.16 Å². The fourth-order valence-electron chi connectivity index (χ4n) is 3.06. The van der Waals surface area contributed by atoms with Gasteiger partial charge in [0, 0.05) is 33.6 Å². The van der Waals surface area contributed by atoms with Gasteiger partial charge in [-0.2, -0.15) is 18.4 Å². The molecule has 0 aliphatic carbocycles. The number of oxime groups is 1. The van der Waals surface area contributed by atoms with Gasteiger partial charge in [-0.1, -0.05) is 46.0 Å². The molecule has 0 radical (unpaired) electrons. The summed E-state index contributed by atoms with van der Waals surface area (Å²) in [7, 11) is 0. The van der Waals surface area contributed by atoms with Crippen LogP contribution >= 0.6 is 34.8 Å². The second-order valence-electron chi connectivity index (χ2n) is 6.71. The summed E-state index contributed by atoms with van der Waals surface area (Å²) in [5, 5.41) is 15.1. The van der Waals surface area contributed by atoms with E-state index < -0.39 is 24.1 Å². The van der Waals surface area contributed by atoms with Gasteiger partial charge in [-0.05, 0) is 41.5 Å². The van der Waals surface area contributed by atoms with Crippen LogP contribution in [0, 0.1) is 11.3 Å².